The van der Waals surface area contributed by atoms with Gasteiger partial charge in [-0.3, -0.25) is 0 Å². The number of hydrogen-bond acceptors (Lipinski definition) is 1. The third kappa shape index (κ3) is 2.80. The quantitative estimate of drug-likeness (QED) is 0.217. The van der Waals surface area contributed by atoms with Gasteiger partial charge in [-0.1, -0.05) is 91.0 Å². The van der Waals surface area contributed by atoms with E-state index in [1.807, 2.05) is 11.3 Å². The van der Waals surface area contributed by atoms with Gasteiger partial charge in [-0.2, -0.15) is 0 Å². The molecule has 0 saturated heterocycles. The normalized spacial score (nSPS) is 12.1. The predicted molar refractivity (Wildman–Crippen MR) is 168 cm³/mol. The molecule has 6 aromatic carbocycles. The van der Waals surface area contributed by atoms with Crippen molar-refractivity contribution < 1.29 is 0 Å². The Balaban J connectivity index is 1.52. The van der Waals surface area contributed by atoms with E-state index in [0.29, 0.717) is 0 Å². The molecule has 0 aliphatic heterocycles. The van der Waals surface area contributed by atoms with Crippen LogP contribution in [0.3, 0.4) is 0 Å². The first-order valence-corrected chi connectivity index (χ1v) is 14.1. The number of fused-ring (bicyclic) bond motifs is 10. The number of thiophene rings is 1. The largest absolute Gasteiger partial charge is 0.309 e. The van der Waals surface area contributed by atoms with Crippen molar-refractivity contribution in [2.24, 2.45) is 0 Å². The summed E-state index contributed by atoms with van der Waals surface area (Å²) in [5, 5.41) is 7.78. The zero-order chi connectivity index (χ0) is 25.5. The van der Waals surface area contributed by atoms with Crippen LogP contribution in [0.4, 0.5) is 0 Å². The SMILES string of the molecule is c1ccc(-n2c3ccccc3c3c(-n4c5ccccc5c5ccc6c7ccccc7sc6c54)cccc32)cc1. The first-order chi connectivity index (χ1) is 19.4. The summed E-state index contributed by atoms with van der Waals surface area (Å²) in [5.41, 5.74) is 7.36. The van der Waals surface area contributed by atoms with Crippen molar-refractivity contribution in [3.05, 3.63) is 133 Å². The van der Waals surface area contributed by atoms with E-state index in [-0.39, 0.29) is 0 Å². The molecule has 3 aromatic heterocycles. The maximum atomic E-state index is 2.52. The van der Waals surface area contributed by atoms with Gasteiger partial charge < -0.3 is 9.13 Å². The van der Waals surface area contributed by atoms with Crippen LogP contribution in [0.25, 0.3) is 75.2 Å². The van der Waals surface area contributed by atoms with Crippen molar-refractivity contribution in [3.8, 4) is 11.4 Å². The lowest BCUT2D eigenvalue weighted by Crippen LogP contribution is -1.96. The van der Waals surface area contributed by atoms with Crippen LogP contribution >= 0.6 is 11.3 Å². The van der Waals surface area contributed by atoms with Crippen LogP contribution in [-0.4, -0.2) is 9.13 Å². The standard InChI is InChI=1S/C36H22N2S/c1-2-11-23(12-3-1)37-30-17-8-5-15-28(30)34-31(37)18-10-19-32(34)38-29-16-7-4-13-24(29)26-21-22-27-25-14-6-9-20-33(25)39-36(27)35(26)38/h1-22H. The lowest BCUT2D eigenvalue weighted by atomic mass is 10.1. The lowest BCUT2D eigenvalue weighted by molar-refractivity contribution is 1.17. The topological polar surface area (TPSA) is 9.86 Å². The molecule has 0 aliphatic carbocycles. The second kappa shape index (κ2) is 7.83. The molecule has 0 atom stereocenters. The van der Waals surface area contributed by atoms with Gasteiger partial charge in [0, 0.05) is 42.7 Å². The average molecular weight is 515 g/mol. The van der Waals surface area contributed by atoms with Crippen molar-refractivity contribution in [1.29, 1.82) is 0 Å². The second-order valence-electron chi connectivity index (χ2n) is 10.1. The van der Waals surface area contributed by atoms with E-state index < -0.39 is 0 Å². The Kier molecular flexibility index (Phi) is 4.24. The molecule has 0 spiro atoms. The first-order valence-electron chi connectivity index (χ1n) is 13.3. The van der Waals surface area contributed by atoms with Gasteiger partial charge in [-0.15, -0.1) is 11.3 Å². The van der Waals surface area contributed by atoms with Crippen LogP contribution in [0, 0.1) is 0 Å². The number of benzene rings is 6. The van der Waals surface area contributed by atoms with E-state index in [2.05, 4.69) is 143 Å². The molecular weight excluding hydrogens is 492 g/mol. The van der Waals surface area contributed by atoms with Crippen LogP contribution in [0.1, 0.15) is 0 Å². The number of para-hydroxylation sites is 3. The minimum absolute atomic E-state index is 1.18. The van der Waals surface area contributed by atoms with Gasteiger partial charge in [0.2, 0.25) is 0 Å². The Labute approximate surface area is 228 Å². The minimum Gasteiger partial charge on any atom is -0.309 e. The summed E-state index contributed by atoms with van der Waals surface area (Å²) in [7, 11) is 0. The molecule has 0 saturated carbocycles. The molecule has 3 heterocycles. The second-order valence-corrected chi connectivity index (χ2v) is 11.2. The summed E-state index contributed by atoms with van der Waals surface area (Å²) < 4.78 is 7.59. The summed E-state index contributed by atoms with van der Waals surface area (Å²) in [6.07, 6.45) is 0. The van der Waals surface area contributed by atoms with Crippen LogP contribution in [0.15, 0.2) is 133 Å². The fraction of sp³-hybridized carbons (Fsp3) is 0. The first kappa shape index (κ1) is 21.1. The van der Waals surface area contributed by atoms with Gasteiger partial charge in [0.1, 0.15) is 0 Å². The van der Waals surface area contributed by atoms with Crippen molar-refractivity contribution >= 4 is 75.1 Å². The highest BCUT2D eigenvalue weighted by atomic mass is 32.1. The average Bonchev–Trinajstić information content (AvgIpc) is 3.65. The third-order valence-corrected chi connectivity index (χ3v) is 9.30. The van der Waals surface area contributed by atoms with Crippen molar-refractivity contribution in [2.75, 3.05) is 0 Å². The molecule has 0 bridgehead atoms. The van der Waals surface area contributed by atoms with Gasteiger partial charge >= 0.3 is 0 Å². The van der Waals surface area contributed by atoms with Crippen LogP contribution in [-0.2, 0) is 0 Å². The summed E-state index contributed by atoms with van der Waals surface area (Å²) in [5.74, 6) is 0. The Morgan fingerprint density at radius 3 is 1.90 bits per heavy atom. The van der Waals surface area contributed by atoms with Crippen molar-refractivity contribution in [2.45, 2.75) is 0 Å². The number of nitrogens with zero attached hydrogens (tertiary/aromatic N) is 2. The Morgan fingerprint density at radius 2 is 1.05 bits per heavy atom. The van der Waals surface area contributed by atoms with Gasteiger partial charge in [0.15, 0.2) is 0 Å². The molecule has 3 heteroatoms. The fourth-order valence-electron chi connectivity index (χ4n) is 6.52. The summed E-state index contributed by atoms with van der Waals surface area (Å²) in [6.45, 7) is 0. The molecular formula is C36H22N2S. The van der Waals surface area contributed by atoms with E-state index in [4.69, 9.17) is 0 Å². The molecule has 0 unspecified atom stereocenters. The summed E-state index contributed by atoms with van der Waals surface area (Å²) in [6, 6.07) is 48.5. The zero-order valence-corrected chi connectivity index (χ0v) is 21.8. The van der Waals surface area contributed by atoms with Crippen LogP contribution < -0.4 is 0 Å². The Morgan fingerprint density at radius 1 is 0.410 bits per heavy atom. The fourth-order valence-corrected chi connectivity index (χ4v) is 7.76. The maximum absolute atomic E-state index is 2.52. The van der Waals surface area contributed by atoms with E-state index in [1.54, 1.807) is 0 Å². The molecule has 0 fully saturated rings. The molecule has 0 radical (unpaired) electrons. The van der Waals surface area contributed by atoms with E-state index >= 15 is 0 Å². The molecule has 39 heavy (non-hydrogen) atoms. The van der Waals surface area contributed by atoms with Gasteiger partial charge in [0.05, 0.1) is 32.5 Å². The summed E-state index contributed by atoms with van der Waals surface area (Å²) in [4.78, 5) is 0. The monoisotopic (exact) mass is 514 g/mol. The molecule has 0 amide bonds. The lowest BCUT2D eigenvalue weighted by Gasteiger charge is -2.12. The Bertz CT molecular complexity index is 2390. The molecule has 0 aliphatic rings. The number of rotatable bonds is 2. The van der Waals surface area contributed by atoms with Gasteiger partial charge in [0.25, 0.3) is 0 Å². The van der Waals surface area contributed by atoms with Gasteiger partial charge in [-0.05, 0) is 42.5 Å². The van der Waals surface area contributed by atoms with Crippen molar-refractivity contribution in [1.82, 2.24) is 9.13 Å². The molecule has 9 rings (SSSR count). The third-order valence-electron chi connectivity index (χ3n) is 8.11. The molecule has 0 N–H and O–H groups in total. The highest BCUT2D eigenvalue weighted by Crippen LogP contribution is 2.45. The Hall–Kier alpha value is -4.86. The predicted octanol–water partition coefficient (Wildman–Crippen LogP) is 10.2. The summed E-state index contributed by atoms with van der Waals surface area (Å²) >= 11 is 1.90. The van der Waals surface area contributed by atoms with Crippen LogP contribution in [0.2, 0.25) is 0 Å². The maximum Gasteiger partial charge on any atom is 0.0720 e. The molecule has 182 valence electrons. The van der Waals surface area contributed by atoms with E-state index in [1.165, 1.54) is 75.2 Å². The zero-order valence-electron chi connectivity index (χ0n) is 21.0. The number of aromatic nitrogens is 2. The smallest absolute Gasteiger partial charge is 0.0720 e. The van der Waals surface area contributed by atoms with E-state index in [9.17, 15) is 0 Å². The number of hydrogen-bond donors (Lipinski definition) is 0. The van der Waals surface area contributed by atoms with Crippen LogP contribution in [0.5, 0.6) is 0 Å². The van der Waals surface area contributed by atoms with E-state index in [0.717, 1.165) is 0 Å². The van der Waals surface area contributed by atoms with Gasteiger partial charge in [-0.25, -0.2) is 0 Å². The van der Waals surface area contributed by atoms with Crippen molar-refractivity contribution in [3.63, 3.8) is 0 Å². The highest BCUT2D eigenvalue weighted by Gasteiger charge is 2.21. The minimum atomic E-state index is 1.18. The molecule has 2 nitrogen and oxygen atoms in total. The molecule has 9 aromatic rings. The highest BCUT2D eigenvalue weighted by molar-refractivity contribution is 7.26.